The van der Waals surface area contributed by atoms with Gasteiger partial charge < -0.3 is 11.1 Å². The summed E-state index contributed by atoms with van der Waals surface area (Å²) < 4.78 is 1.07. The third-order valence-corrected chi connectivity index (χ3v) is 6.41. The molecule has 9 heteroatoms. The number of benzene rings is 3. The van der Waals surface area contributed by atoms with E-state index in [1.807, 2.05) is 66.7 Å². The molecule has 178 valence electrons. The number of anilines is 2. The summed E-state index contributed by atoms with van der Waals surface area (Å²) in [5, 5.41) is 8.04. The summed E-state index contributed by atoms with van der Waals surface area (Å²) >= 11 is 1.51. The first kappa shape index (κ1) is 23.1. The molecule has 0 bridgehead atoms. The SMILES string of the molecule is C/C(=N\Nc1nc2ccccc2s1)c1nc(-c2cccc(C(=O)NCc3ccccc3)c2)cnc1N. The molecule has 1 amide bonds. The van der Waals surface area contributed by atoms with E-state index in [4.69, 9.17) is 5.73 Å². The van der Waals surface area contributed by atoms with E-state index in [9.17, 15) is 4.79 Å². The molecule has 0 saturated carbocycles. The first-order valence-electron chi connectivity index (χ1n) is 11.3. The molecular formula is C27H23N7OS. The van der Waals surface area contributed by atoms with Crippen LogP contribution in [0.25, 0.3) is 21.5 Å². The van der Waals surface area contributed by atoms with E-state index in [0.29, 0.717) is 34.3 Å². The van der Waals surface area contributed by atoms with Crippen molar-refractivity contribution in [2.45, 2.75) is 13.5 Å². The van der Waals surface area contributed by atoms with Crippen molar-refractivity contribution >= 4 is 44.1 Å². The number of hydrazone groups is 1. The van der Waals surface area contributed by atoms with Crippen LogP contribution in [0.2, 0.25) is 0 Å². The molecule has 0 atom stereocenters. The second-order valence-electron chi connectivity index (χ2n) is 8.03. The minimum atomic E-state index is -0.165. The lowest BCUT2D eigenvalue weighted by Crippen LogP contribution is -2.22. The zero-order valence-electron chi connectivity index (χ0n) is 19.5. The Bertz CT molecular complexity index is 1530. The Kier molecular flexibility index (Phi) is 6.63. The Hall–Kier alpha value is -4.63. The molecule has 4 N–H and O–H groups in total. The van der Waals surface area contributed by atoms with Crippen LogP contribution >= 0.6 is 11.3 Å². The van der Waals surface area contributed by atoms with E-state index < -0.39 is 0 Å². The smallest absolute Gasteiger partial charge is 0.251 e. The number of aromatic nitrogens is 3. The number of carbonyl (C=O) groups excluding carboxylic acids is 1. The molecule has 0 spiro atoms. The number of amides is 1. The molecule has 5 rings (SSSR count). The van der Waals surface area contributed by atoms with Crippen LogP contribution in [0.1, 0.15) is 28.5 Å². The molecule has 0 aliphatic carbocycles. The fraction of sp³-hybridized carbons (Fsp3) is 0.0741. The number of carbonyl (C=O) groups is 1. The van der Waals surface area contributed by atoms with Crippen molar-refractivity contribution < 1.29 is 4.79 Å². The summed E-state index contributed by atoms with van der Waals surface area (Å²) in [6.45, 7) is 2.25. The van der Waals surface area contributed by atoms with Crippen molar-refractivity contribution in [3.63, 3.8) is 0 Å². The first-order chi connectivity index (χ1) is 17.6. The molecule has 0 aliphatic heterocycles. The number of nitrogens with zero attached hydrogens (tertiary/aromatic N) is 4. The van der Waals surface area contributed by atoms with Gasteiger partial charge in [0.25, 0.3) is 5.91 Å². The van der Waals surface area contributed by atoms with Crippen LogP contribution in [0, 0.1) is 0 Å². The highest BCUT2D eigenvalue weighted by molar-refractivity contribution is 7.22. The fourth-order valence-electron chi connectivity index (χ4n) is 3.61. The van der Waals surface area contributed by atoms with Crippen molar-refractivity contribution in [3.05, 3.63) is 102 Å². The minimum absolute atomic E-state index is 0.165. The van der Waals surface area contributed by atoms with Crippen LogP contribution < -0.4 is 16.5 Å². The van der Waals surface area contributed by atoms with Gasteiger partial charge in [-0.3, -0.25) is 10.2 Å². The summed E-state index contributed by atoms with van der Waals surface area (Å²) in [7, 11) is 0. The maximum atomic E-state index is 12.7. The first-order valence-corrected chi connectivity index (χ1v) is 12.1. The molecule has 8 nitrogen and oxygen atoms in total. The van der Waals surface area contributed by atoms with Crippen LogP contribution in [0.3, 0.4) is 0 Å². The summed E-state index contributed by atoms with van der Waals surface area (Å²) in [5.41, 5.74) is 13.9. The van der Waals surface area contributed by atoms with Gasteiger partial charge >= 0.3 is 0 Å². The van der Waals surface area contributed by atoms with Gasteiger partial charge in [-0.15, -0.1) is 0 Å². The van der Waals surface area contributed by atoms with Crippen molar-refractivity contribution in [1.82, 2.24) is 20.3 Å². The van der Waals surface area contributed by atoms with Crippen LogP contribution in [0.15, 0.2) is 90.2 Å². The average molecular weight is 494 g/mol. The number of hydrogen-bond donors (Lipinski definition) is 3. The molecule has 2 aromatic heterocycles. The molecule has 0 radical (unpaired) electrons. The van der Waals surface area contributed by atoms with Gasteiger partial charge in [0.2, 0.25) is 5.13 Å². The average Bonchev–Trinajstić information content (AvgIpc) is 3.34. The number of para-hydroxylation sites is 1. The highest BCUT2D eigenvalue weighted by Crippen LogP contribution is 2.26. The number of nitrogens with two attached hydrogens (primary N) is 1. The van der Waals surface area contributed by atoms with E-state index in [2.05, 4.69) is 30.8 Å². The summed E-state index contributed by atoms with van der Waals surface area (Å²) in [5.74, 6) is 0.102. The Morgan fingerprint density at radius 3 is 2.64 bits per heavy atom. The molecule has 5 aromatic rings. The molecule has 2 heterocycles. The number of nitrogen functional groups attached to an aromatic ring is 1. The molecule has 36 heavy (non-hydrogen) atoms. The summed E-state index contributed by atoms with van der Waals surface area (Å²) in [6.07, 6.45) is 1.59. The molecule has 0 unspecified atom stereocenters. The highest BCUT2D eigenvalue weighted by atomic mass is 32.1. The summed E-state index contributed by atoms with van der Waals surface area (Å²) in [4.78, 5) is 26.2. The number of rotatable bonds is 7. The number of hydrogen-bond acceptors (Lipinski definition) is 8. The minimum Gasteiger partial charge on any atom is -0.382 e. The van der Waals surface area contributed by atoms with Crippen LogP contribution in [0.4, 0.5) is 10.9 Å². The van der Waals surface area contributed by atoms with Gasteiger partial charge in [-0.1, -0.05) is 65.9 Å². The predicted octanol–water partition coefficient (Wildman–Crippen LogP) is 5.10. The lowest BCUT2D eigenvalue weighted by atomic mass is 10.1. The molecular weight excluding hydrogens is 470 g/mol. The van der Waals surface area contributed by atoms with Gasteiger partial charge in [-0.05, 0) is 36.8 Å². The third-order valence-electron chi connectivity index (χ3n) is 5.47. The summed E-state index contributed by atoms with van der Waals surface area (Å²) in [6, 6.07) is 24.9. The van der Waals surface area contributed by atoms with Crippen molar-refractivity contribution in [2.75, 3.05) is 11.2 Å². The highest BCUT2D eigenvalue weighted by Gasteiger charge is 2.13. The maximum absolute atomic E-state index is 12.7. The zero-order valence-corrected chi connectivity index (χ0v) is 20.3. The normalized spacial score (nSPS) is 11.4. The maximum Gasteiger partial charge on any atom is 0.251 e. The fourth-order valence-corrected chi connectivity index (χ4v) is 4.42. The van der Waals surface area contributed by atoms with Gasteiger partial charge in [-0.25, -0.2) is 15.0 Å². The second-order valence-corrected chi connectivity index (χ2v) is 9.06. The second kappa shape index (κ2) is 10.3. The third kappa shape index (κ3) is 5.21. The van der Waals surface area contributed by atoms with Crippen molar-refractivity contribution in [3.8, 4) is 11.3 Å². The largest absolute Gasteiger partial charge is 0.382 e. The zero-order chi connectivity index (χ0) is 24.9. The van der Waals surface area contributed by atoms with Crippen LogP contribution in [0.5, 0.6) is 0 Å². The van der Waals surface area contributed by atoms with Gasteiger partial charge in [-0.2, -0.15) is 5.10 Å². The van der Waals surface area contributed by atoms with E-state index in [0.717, 1.165) is 21.3 Å². The topological polar surface area (TPSA) is 118 Å². The van der Waals surface area contributed by atoms with E-state index in [1.165, 1.54) is 11.3 Å². The molecule has 0 fully saturated rings. The lowest BCUT2D eigenvalue weighted by Gasteiger charge is -2.09. The van der Waals surface area contributed by atoms with Crippen LogP contribution in [-0.4, -0.2) is 26.6 Å². The van der Waals surface area contributed by atoms with Gasteiger partial charge in [0.05, 0.1) is 27.8 Å². The van der Waals surface area contributed by atoms with Crippen molar-refractivity contribution in [2.24, 2.45) is 5.10 Å². The Morgan fingerprint density at radius 1 is 1.00 bits per heavy atom. The number of nitrogens with one attached hydrogen (secondary N) is 2. The van der Waals surface area contributed by atoms with E-state index >= 15 is 0 Å². The molecule has 0 aliphatic rings. The van der Waals surface area contributed by atoms with E-state index in [-0.39, 0.29) is 11.7 Å². The predicted molar refractivity (Wildman–Crippen MR) is 145 cm³/mol. The van der Waals surface area contributed by atoms with Crippen molar-refractivity contribution in [1.29, 1.82) is 0 Å². The number of thiazole rings is 1. The van der Waals surface area contributed by atoms with E-state index in [1.54, 1.807) is 25.3 Å². The standard InChI is InChI=1S/C27H23N7OS/c1-17(33-34-27-32-21-12-5-6-13-23(21)36-27)24-25(28)29-16-22(31-24)19-10-7-11-20(14-19)26(35)30-15-18-8-3-2-4-9-18/h2-14,16H,15H2,1H3,(H2,28,29)(H,30,35)(H,32,34)/b33-17+. The van der Waals surface area contributed by atoms with Gasteiger partial charge in [0.15, 0.2) is 5.82 Å². The number of fused-ring (bicyclic) bond motifs is 1. The van der Waals surface area contributed by atoms with Gasteiger partial charge in [0.1, 0.15) is 5.69 Å². The van der Waals surface area contributed by atoms with Crippen LogP contribution in [-0.2, 0) is 6.54 Å². The molecule has 3 aromatic carbocycles. The van der Waals surface area contributed by atoms with Gasteiger partial charge in [0, 0.05) is 17.7 Å². The Balaban J connectivity index is 1.34. The monoisotopic (exact) mass is 493 g/mol. The lowest BCUT2D eigenvalue weighted by molar-refractivity contribution is 0.0951. The Morgan fingerprint density at radius 2 is 1.81 bits per heavy atom. The quantitative estimate of drug-likeness (QED) is 0.214. The molecule has 0 saturated heterocycles. The Labute approximate surface area is 212 Å².